The quantitative estimate of drug-likeness (QED) is 0.604. The molecule has 7 heteroatoms. The minimum atomic E-state index is -3.59. The van der Waals surface area contributed by atoms with Crippen LogP contribution in [0.4, 0.5) is 5.69 Å². The Morgan fingerprint density at radius 2 is 1.52 bits per heavy atom. The second-order valence-corrected chi connectivity index (χ2v) is 8.41. The van der Waals surface area contributed by atoms with Crippen LogP contribution in [0, 0.1) is 0 Å². The zero-order valence-corrected chi connectivity index (χ0v) is 16.9. The van der Waals surface area contributed by atoms with Gasteiger partial charge in [0.1, 0.15) is 11.5 Å². The van der Waals surface area contributed by atoms with Crippen LogP contribution in [-0.4, -0.2) is 20.4 Å². The van der Waals surface area contributed by atoms with Gasteiger partial charge in [0.05, 0.1) is 4.90 Å². The summed E-state index contributed by atoms with van der Waals surface area (Å²) in [6.07, 6.45) is 0. The molecule has 0 aliphatic heterocycles. The summed E-state index contributed by atoms with van der Waals surface area (Å²) in [6, 6.07) is 22.0. The molecule has 6 nitrogen and oxygen atoms in total. The van der Waals surface area contributed by atoms with Gasteiger partial charge in [-0.25, -0.2) is 13.1 Å². The van der Waals surface area contributed by atoms with E-state index in [2.05, 4.69) is 10.0 Å². The topological polar surface area (TPSA) is 84.5 Å². The third-order valence-corrected chi connectivity index (χ3v) is 5.56. The van der Waals surface area contributed by atoms with Crippen LogP contribution in [0.3, 0.4) is 0 Å². The van der Waals surface area contributed by atoms with Gasteiger partial charge in [-0.15, -0.1) is 0 Å². The van der Waals surface area contributed by atoms with Crippen molar-refractivity contribution in [2.24, 2.45) is 0 Å². The molecule has 0 spiro atoms. The van der Waals surface area contributed by atoms with Crippen LogP contribution < -0.4 is 14.8 Å². The second kappa shape index (κ2) is 8.89. The molecular formula is C22H22N2O4S. The first-order valence-corrected chi connectivity index (χ1v) is 10.6. The first-order valence-electron chi connectivity index (χ1n) is 9.10. The van der Waals surface area contributed by atoms with Crippen molar-refractivity contribution in [1.82, 2.24) is 4.72 Å². The minimum Gasteiger partial charge on any atom is -0.457 e. The Labute approximate surface area is 170 Å². The number of sulfonamides is 1. The number of carbonyl (C=O) groups is 1. The van der Waals surface area contributed by atoms with Crippen LogP contribution in [0.5, 0.6) is 11.5 Å². The average Bonchev–Trinajstić information content (AvgIpc) is 2.68. The number of nitrogens with one attached hydrogen (secondary N) is 2. The number of benzene rings is 3. The van der Waals surface area contributed by atoms with Crippen molar-refractivity contribution < 1.29 is 17.9 Å². The van der Waals surface area contributed by atoms with Crippen molar-refractivity contribution >= 4 is 21.6 Å². The van der Waals surface area contributed by atoms with Gasteiger partial charge < -0.3 is 10.1 Å². The standard InChI is InChI=1S/C22H22N2O4S/c1-16(2)24-29(26,27)21-13-11-17(12-14-21)22(25)23-18-7-6-10-20(15-18)28-19-8-4-3-5-9-19/h3-16,24H,1-2H3,(H,23,25). The molecule has 3 aromatic rings. The fourth-order valence-corrected chi connectivity index (χ4v) is 3.88. The first kappa shape index (κ1) is 20.6. The van der Waals surface area contributed by atoms with Gasteiger partial charge in [0.2, 0.25) is 10.0 Å². The van der Waals surface area contributed by atoms with Crippen molar-refractivity contribution in [1.29, 1.82) is 0 Å². The van der Waals surface area contributed by atoms with Crippen molar-refractivity contribution in [2.75, 3.05) is 5.32 Å². The van der Waals surface area contributed by atoms with Crippen LogP contribution in [0.15, 0.2) is 83.8 Å². The molecule has 0 aliphatic carbocycles. The molecule has 0 unspecified atom stereocenters. The van der Waals surface area contributed by atoms with E-state index in [1.165, 1.54) is 24.3 Å². The molecule has 0 aromatic heterocycles. The predicted molar refractivity (Wildman–Crippen MR) is 113 cm³/mol. The first-order chi connectivity index (χ1) is 13.8. The summed E-state index contributed by atoms with van der Waals surface area (Å²) >= 11 is 0. The van der Waals surface area contributed by atoms with Gasteiger partial charge in [0.25, 0.3) is 5.91 Å². The van der Waals surface area contributed by atoms with Gasteiger partial charge in [-0.2, -0.15) is 0 Å². The number of ether oxygens (including phenoxy) is 1. The SMILES string of the molecule is CC(C)NS(=O)(=O)c1ccc(C(=O)Nc2cccc(Oc3ccccc3)c2)cc1. The van der Waals surface area contributed by atoms with E-state index < -0.39 is 10.0 Å². The van der Waals surface area contributed by atoms with Gasteiger partial charge >= 0.3 is 0 Å². The zero-order chi connectivity index (χ0) is 20.9. The fourth-order valence-electron chi connectivity index (χ4n) is 2.63. The summed E-state index contributed by atoms with van der Waals surface area (Å²) in [5.74, 6) is 0.945. The van der Waals surface area contributed by atoms with E-state index in [0.29, 0.717) is 22.7 Å². The maximum absolute atomic E-state index is 12.5. The highest BCUT2D eigenvalue weighted by molar-refractivity contribution is 7.89. The van der Waals surface area contributed by atoms with Crippen molar-refractivity contribution in [3.63, 3.8) is 0 Å². The van der Waals surface area contributed by atoms with E-state index in [4.69, 9.17) is 4.74 Å². The molecule has 2 N–H and O–H groups in total. The molecular weight excluding hydrogens is 388 g/mol. The summed E-state index contributed by atoms with van der Waals surface area (Å²) < 4.78 is 32.6. The number of amides is 1. The maximum atomic E-state index is 12.5. The van der Waals surface area contributed by atoms with Crippen molar-refractivity contribution in [2.45, 2.75) is 24.8 Å². The number of carbonyl (C=O) groups excluding carboxylic acids is 1. The lowest BCUT2D eigenvalue weighted by Gasteiger charge is -2.11. The number of anilines is 1. The Morgan fingerprint density at radius 1 is 0.862 bits per heavy atom. The van der Waals surface area contributed by atoms with Crippen molar-refractivity contribution in [3.05, 3.63) is 84.4 Å². The Bertz CT molecular complexity index is 1080. The molecule has 0 saturated heterocycles. The summed E-state index contributed by atoms with van der Waals surface area (Å²) in [4.78, 5) is 12.6. The van der Waals surface area contributed by atoms with Gasteiger partial charge in [-0.05, 0) is 62.4 Å². The number of hydrogen-bond acceptors (Lipinski definition) is 4. The number of rotatable bonds is 7. The third kappa shape index (κ3) is 5.66. The fraction of sp³-hybridized carbons (Fsp3) is 0.136. The zero-order valence-electron chi connectivity index (χ0n) is 16.1. The minimum absolute atomic E-state index is 0.112. The second-order valence-electron chi connectivity index (χ2n) is 6.70. The van der Waals surface area contributed by atoms with E-state index in [9.17, 15) is 13.2 Å². The molecule has 0 aliphatic rings. The van der Waals surface area contributed by atoms with Crippen molar-refractivity contribution in [3.8, 4) is 11.5 Å². The number of para-hydroxylation sites is 1. The third-order valence-electron chi connectivity index (χ3n) is 3.89. The van der Waals surface area contributed by atoms with Crippen LogP contribution in [0.2, 0.25) is 0 Å². The average molecular weight is 410 g/mol. The highest BCUT2D eigenvalue weighted by Gasteiger charge is 2.16. The lowest BCUT2D eigenvalue weighted by Crippen LogP contribution is -2.30. The predicted octanol–water partition coefficient (Wildman–Crippen LogP) is 4.42. The Kier molecular flexibility index (Phi) is 6.31. The van der Waals surface area contributed by atoms with Crippen LogP contribution in [0.1, 0.15) is 24.2 Å². The molecule has 0 atom stereocenters. The largest absolute Gasteiger partial charge is 0.457 e. The van der Waals surface area contributed by atoms with E-state index in [1.54, 1.807) is 38.1 Å². The van der Waals surface area contributed by atoms with Crippen LogP contribution >= 0.6 is 0 Å². The smallest absolute Gasteiger partial charge is 0.255 e. The Hall–Kier alpha value is -3.16. The molecule has 1 amide bonds. The van der Waals surface area contributed by atoms with Gasteiger partial charge in [0.15, 0.2) is 0 Å². The van der Waals surface area contributed by atoms with E-state index in [1.807, 2.05) is 30.3 Å². The monoisotopic (exact) mass is 410 g/mol. The summed E-state index contributed by atoms with van der Waals surface area (Å²) in [5.41, 5.74) is 0.921. The molecule has 29 heavy (non-hydrogen) atoms. The highest BCUT2D eigenvalue weighted by Crippen LogP contribution is 2.24. The lowest BCUT2D eigenvalue weighted by molar-refractivity contribution is 0.102. The molecule has 0 heterocycles. The van der Waals surface area contributed by atoms with Crippen LogP contribution in [0.25, 0.3) is 0 Å². The van der Waals surface area contributed by atoms with Gasteiger partial charge in [-0.1, -0.05) is 24.3 Å². The Morgan fingerprint density at radius 3 is 2.17 bits per heavy atom. The lowest BCUT2D eigenvalue weighted by atomic mass is 10.2. The van der Waals surface area contributed by atoms with Crippen LogP contribution in [-0.2, 0) is 10.0 Å². The van der Waals surface area contributed by atoms with E-state index in [0.717, 1.165) is 0 Å². The number of hydrogen-bond donors (Lipinski definition) is 2. The summed E-state index contributed by atoms with van der Waals surface area (Å²) in [6.45, 7) is 3.49. The molecule has 0 saturated carbocycles. The highest BCUT2D eigenvalue weighted by atomic mass is 32.2. The molecule has 150 valence electrons. The molecule has 3 rings (SSSR count). The summed E-state index contributed by atoms with van der Waals surface area (Å²) in [5, 5.41) is 2.79. The molecule has 0 radical (unpaired) electrons. The van der Waals surface area contributed by atoms with E-state index >= 15 is 0 Å². The maximum Gasteiger partial charge on any atom is 0.255 e. The van der Waals surface area contributed by atoms with E-state index in [-0.39, 0.29) is 16.8 Å². The molecule has 0 fully saturated rings. The summed E-state index contributed by atoms with van der Waals surface area (Å²) in [7, 11) is -3.59. The normalized spacial score (nSPS) is 11.3. The Balaban J connectivity index is 1.70. The van der Waals surface area contributed by atoms with Gasteiger partial charge in [-0.3, -0.25) is 4.79 Å². The van der Waals surface area contributed by atoms with Gasteiger partial charge in [0, 0.05) is 23.4 Å². The molecule has 3 aromatic carbocycles. The molecule has 0 bridgehead atoms.